The van der Waals surface area contributed by atoms with Crippen LogP contribution in [0.3, 0.4) is 0 Å². The molecule has 2 fully saturated rings. The molecule has 3 rings (SSSR count). The number of piperazine rings is 1. The lowest BCUT2D eigenvalue weighted by molar-refractivity contribution is -0.135. The fraction of sp³-hybridized carbons (Fsp3) is 0.579. The molecule has 1 aliphatic carbocycles. The molecule has 1 N–H and O–H groups in total. The van der Waals surface area contributed by atoms with Gasteiger partial charge < -0.3 is 10.2 Å². The Hall–Kier alpha value is -1.45. The number of sulfonamides is 1. The van der Waals surface area contributed by atoms with E-state index in [1.165, 1.54) is 10.7 Å². The van der Waals surface area contributed by atoms with Gasteiger partial charge in [0.2, 0.25) is 21.8 Å². The zero-order valence-corrected chi connectivity index (χ0v) is 18.2. The highest BCUT2D eigenvalue weighted by Crippen LogP contribution is 2.23. The minimum atomic E-state index is -3.56. The number of amides is 2. The highest BCUT2D eigenvalue weighted by molar-refractivity contribution is 9.10. The van der Waals surface area contributed by atoms with Gasteiger partial charge in [0.05, 0.1) is 11.4 Å². The molecule has 0 radical (unpaired) electrons. The van der Waals surface area contributed by atoms with Crippen LogP contribution in [0.2, 0.25) is 0 Å². The van der Waals surface area contributed by atoms with Crippen LogP contribution in [0.1, 0.15) is 32.1 Å². The van der Waals surface area contributed by atoms with E-state index in [-0.39, 0.29) is 42.3 Å². The van der Waals surface area contributed by atoms with Crippen molar-refractivity contribution in [2.75, 3.05) is 32.7 Å². The highest BCUT2D eigenvalue weighted by Gasteiger charge is 2.30. The van der Waals surface area contributed by atoms with Crippen molar-refractivity contribution in [1.82, 2.24) is 14.5 Å². The summed E-state index contributed by atoms with van der Waals surface area (Å²) in [5.41, 5.74) is 0. The van der Waals surface area contributed by atoms with E-state index in [9.17, 15) is 18.0 Å². The summed E-state index contributed by atoms with van der Waals surface area (Å²) >= 11 is 3.30. The van der Waals surface area contributed by atoms with E-state index in [1.807, 2.05) is 0 Å². The molecule has 1 heterocycles. The molecule has 0 unspecified atom stereocenters. The van der Waals surface area contributed by atoms with Crippen molar-refractivity contribution in [2.45, 2.75) is 37.0 Å². The Kier molecular flexibility index (Phi) is 7.11. The van der Waals surface area contributed by atoms with Crippen molar-refractivity contribution in [3.8, 4) is 0 Å². The van der Waals surface area contributed by atoms with Gasteiger partial charge in [-0.3, -0.25) is 9.59 Å². The van der Waals surface area contributed by atoms with Crippen LogP contribution in [0, 0.1) is 5.92 Å². The summed E-state index contributed by atoms with van der Waals surface area (Å²) in [6.45, 7) is 1.14. The SMILES string of the molecule is O=C(NCC(=O)N1CCN(S(=O)(=O)c2ccc(Br)cc2)CC1)C1CCCCC1. The van der Waals surface area contributed by atoms with Crippen LogP contribution in [0.25, 0.3) is 0 Å². The summed E-state index contributed by atoms with van der Waals surface area (Å²) in [5, 5.41) is 2.76. The number of benzene rings is 1. The molecule has 0 atom stereocenters. The number of rotatable bonds is 5. The lowest BCUT2D eigenvalue weighted by Gasteiger charge is -2.34. The first-order valence-corrected chi connectivity index (χ1v) is 11.9. The second-order valence-electron chi connectivity index (χ2n) is 7.29. The van der Waals surface area contributed by atoms with E-state index >= 15 is 0 Å². The van der Waals surface area contributed by atoms with Crippen molar-refractivity contribution in [1.29, 1.82) is 0 Å². The van der Waals surface area contributed by atoms with Gasteiger partial charge in [-0.2, -0.15) is 4.31 Å². The van der Waals surface area contributed by atoms with Crippen molar-refractivity contribution in [2.24, 2.45) is 5.92 Å². The zero-order chi connectivity index (χ0) is 20.1. The molecule has 9 heteroatoms. The number of nitrogens with zero attached hydrogens (tertiary/aromatic N) is 2. The van der Waals surface area contributed by atoms with E-state index in [4.69, 9.17) is 0 Å². The Labute approximate surface area is 174 Å². The Balaban J connectivity index is 1.48. The first-order chi connectivity index (χ1) is 13.4. The van der Waals surface area contributed by atoms with Gasteiger partial charge in [0.25, 0.3) is 0 Å². The van der Waals surface area contributed by atoms with Crippen LogP contribution < -0.4 is 5.32 Å². The Bertz CT molecular complexity index is 799. The van der Waals surface area contributed by atoms with Crippen molar-refractivity contribution in [3.05, 3.63) is 28.7 Å². The minimum absolute atomic E-state index is 0.0191. The monoisotopic (exact) mass is 471 g/mol. The Morgan fingerprint density at radius 1 is 1.00 bits per heavy atom. The second kappa shape index (κ2) is 9.37. The van der Waals surface area contributed by atoms with E-state index in [2.05, 4.69) is 21.2 Å². The highest BCUT2D eigenvalue weighted by atomic mass is 79.9. The first-order valence-electron chi connectivity index (χ1n) is 9.69. The van der Waals surface area contributed by atoms with E-state index in [0.29, 0.717) is 13.1 Å². The summed E-state index contributed by atoms with van der Waals surface area (Å²) in [6.07, 6.45) is 5.11. The van der Waals surface area contributed by atoms with Crippen LogP contribution in [-0.2, 0) is 19.6 Å². The number of carbonyl (C=O) groups excluding carboxylic acids is 2. The smallest absolute Gasteiger partial charge is 0.243 e. The summed E-state index contributed by atoms with van der Waals surface area (Å²) in [6, 6.07) is 6.53. The van der Waals surface area contributed by atoms with Gasteiger partial charge >= 0.3 is 0 Å². The molecule has 2 aliphatic rings. The third-order valence-corrected chi connectivity index (χ3v) is 7.87. The van der Waals surface area contributed by atoms with Crippen molar-refractivity contribution < 1.29 is 18.0 Å². The number of hydrogen-bond acceptors (Lipinski definition) is 4. The molecule has 0 aromatic heterocycles. The summed E-state index contributed by atoms with van der Waals surface area (Å²) in [4.78, 5) is 26.4. The van der Waals surface area contributed by atoms with E-state index in [0.717, 1.165) is 30.2 Å². The molecule has 0 spiro atoms. The molecule has 154 valence electrons. The Morgan fingerprint density at radius 2 is 1.61 bits per heavy atom. The van der Waals surface area contributed by atoms with Crippen LogP contribution >= 0.6 is 15.9 Å². The molecular weight excluding hydrogens is 446 g/mol. The molecule has 0 bridgehead atoms. The second-order valence-corrected chi connectivity index (χ2v) is 10.1. The topological polar surface area (TPSA) is 86.8 Å². The average Bonchev–Trinajstić information content (AvgIpc) is 2.73. The number of halogens is 1. The maximum absolute atomic E-state index is 12.7. The fourth-order valence-electron chi connectivity index (χ4n) is 3.72. The van der Waals surface area contributed by atoms with Crippen molar-refractivity contribution >= 4 is 37.8 Å². The minimum Gasteiger partial charge on any atom is -0.347 e. The molecule has 28 heavy (non-hydrogen) atoms. The molecule has 2 amide bonds. The Morgan fingerprint density at radius 3 is 2.21 bits per heavy atom. The molecule has 1 saturated heterocycles. The van der Waals surface area contributed by atoms with Crippen LogP contribution in [0.15, 0.2) is 33.6 Å². The number of carbonyl (C=O) groups is 2. The van der Waals surface area contributed by atoms with E-state index < -0.39 is 10.0 Å². The zero-order valence-electron chi connectivity index (χ0n) is 15.8. The lowest BCUT2D eigenvalue weighted by Crippen LogP contribution is -2.52. The molecular formula is C19H26BrN3O4S. The van der Waals surface area contributed by atoms with Crippen LogP contribution in [0.4, 0.5) is 0 Å². The third kappa shape index (κ3) is 5.12. The summed E-state index contributed by atoms with van der Waals surface area (Å²) < 4.78 is 27.7. The van der Waals surface area contributed by atoms with Gasteiger partial charge in [-0.1, -0.05) is 35.2 Å². The van der Waals surface area contributed by atoms with Gasteiger partial charge in [-0.25, -0.2) is 8.42 Å². The molecule has 1 saturated carbocycles. The normalized spacial score (nSPS) is 19.4. The number of nitrogens with one attached hydrogen (secondary N) is 1. The van der Waals surface area contributed by atoms with Gasteiger partial charge in [0.1, 0.15) is 0 Å². The van der Waals surface area contributed by atoms with E-state index in [1.54, 1.807) is 29.2 Å². The van der Waals surface area contributed by atoms with Gasteiger partial charge in [0, 0.05) is 36.6 Å². The predicted molar refractivity (Wildman–Crippen MR) is 109 cm³/mol. The third-order valence-electron chi connectivity index (χ3n) is 5.43. The largest absolute Gasteiger partial charge is 0.347 e. The van der Waals surface area contributed by atoms with Gasteiger partial charge in [0.15, 0.2) is 0 Å². The standard InChI is InChI=1S/C19H26BrN3O4S/c20-16-6-8-17(9-7-16)28(26,27)23-12-10-22(11-13-23)18(24)14-21-19(25)15-4-2-1-3-5-15/h6-9,15H,1-5,10-14H2,(H,21,25). The maximum Gasteiger partial charge on any atom is 0.243 e. The molecule has 1 aromatic carbocycles. The predicted octanol–water partition coefficient (Wildman–Crippen LogP) is 1.98. The average molecular weight is 472 g/mol. The molecule has 1 aromatic rings. The lowest BCUT2D eigenvalue weighted by atomic mass is 9.89. The quantitative estimate of drug-likeness (QED) is 0.710. The van der Waals surface area contributed by atoms with Crippen LogP contribution in [-0.4, -0.2) is 62.2 Å². The van der Waals surface area contributed by atoms with Gasteiger partial charge in [-0.05, 0) is 37.1 Å². The van der Waals surface area contributed by atoms with Crippen molar-refractivity contribution in [3.63, 3.8) is 0 Å². The maximum atomic E-state index is 12.7. The first kappa shape index (κ1) is 21.3. The summed E-state index contributed by atoms with van der Waals surface area (Å²) in [7, 11) is -3.56. The molecule has 1 aliphatic heterocycles. The number of hydrogen-bond donors (Lipinski definition) is 1. The van der Waals surface area contributed by atoms with Gasteiger partial charge in [-0.15, -0.1) is 0 Å². The van der Waals surface area contributed by atoms with Crippen LogP contribution in [0.5, 0.6) is 0 Å². The fourth-order valence-corrected chi connectivity index (χ4v) is 5.40. The molecule has 7 nitrogen and oxygen atoms in total. The summed E-state index contributed by atoms with van der Waals surface area (Å²) in [5.74, 6) is -0.177.